The molecule has 0 radical (unpaired) electrons. The largest absolute Gasteiger partial charge is 0.239 e. The van der Waals surface area contributed by atoms with Crippen LogP contribution in [0.2, 0.25) is 0 Å². The normalized spacial score (nSPS) is 12.9. The Kier molecular flexibility index (Phi) is 2.74. The van der Waals surface area contributed by atoms with Gasteiger partial charge in [0.05, 0.1) is 6.04 Å². The predicted octanol–water partition coefficient (Wildman–Crippen LogP) is 2.20. The molecule has 2 heterocycles. The van der Waals surface area contributed by atoms with Gasteiger partial charge in [0.2, 0.25) is 4.77 Å². The number of rotatable bonds is 3. The lowest BCUT2D eigenvalue weighted by Gasteiger charge is -2.09. The molecular weight excluding hydrogens is 216 g/mol. The molecule has 14 heavy (non-hydrogen) atoms. The Balaban J connectivity index is 2.14. The summed E-state index contributed by atoms with van der Waals surface area (Å²) in [4.78, 5) is 0. The second-order valence-corrected chi connectivity index (χ2v) is 4.28. The van der Waals surface area contributed by atoms with Gasteiger partial charge in [-0.2, -0.15) is 16.6 Å². The molecule has 2 aromatic rings. The van der Waals surface area contributed by atoms with Crippen molar-refractivity contribution in [2.45, 2.75) is 19.4 Å². The molecule has 0 saturated heterocycles. The van der Waals surface area contributed by atoms with Crippen LogP contribution >= 0.6 is 23.6 Å². The number of tetrazole rings is 1. The van der Waals surface area contributed by atoms with Gasteiger partial charge in [0.1, 0.15) is 0 Å². The summed E-state index contributed by atoms with van der Waals surface area (Å²) in [5, 5.41) is 14.4. The molecule has 0 fully saturated rings. The van der Waals surface area contributed by atoms with Gasteiger partial charge in [-0.15, -0.1) is 0 Å². The minimum atomic E-state index is 0.270. The molecule has 4 nitrogen and oxygen atoms in total. The molecule has 0 spiro atoms. The molecule has 0 aromatic carbocycles. The number of nitrogens with one attached hydrogen (secondary N) is 1. The average molecular weight is 226 g/mol. The van der Waals surface area contributed by atoms with Crippen molar-refractivity contribution < 1.29 is 0 Å². The topological polar surface area (TPSA) is 46.5 Å². The zero-order valence-electron chi connectivity index (χ0n) is 7.67. The number of hydrogen-bond donors (Lipinski definition) is 1. The Morgan fingerprint density at radius 3 is 3.14 bits per heavy atom. The van der Waals surface area contributed by atoms with E-state index in [1.807, 2.05) is 0 Å². The van der Waals surface area contributed by atoms with E-state index >= 15 is 0 Å². The first-order chi connectivity index (χ1) is 6.77. The smallest absolute Gasteiger partial charge is 0.238 e. The maximum Gasteiger partial charge on any atom is 0.238 e. The molecule has 0 aliphatic carbocycles. The van der Waals surface area contributed by atoms with Crippen LogP contribution in [0.1, 0.15) is 18.5 Å². The molecule has 1 unspecified atom stereocenters. The van der Waals surface area contributed by atoms with E-state index in [1.54, 1.807) is 16.0 Å². The summed E-state index contributed by atoms with van der Waals surface area (Å²) in [6.07, 6.45) is 0.946. The van der Waals surface area contributed by atoms with Crippen LogP contribution in [0.5, 0.6) is 0 Å². The van der Waals surface area contributed by atoms with Crippen LogP contribution in [0, 0.1) is 4.77 Å². The highest BCUT2D eigenvalue weighted by molar-refractivity contribution is 7.71. The van der Waals surface area contributed by atoms with Crippen molar-refractivity contribution in [1.29, 1.82) is 0 Å². The second-order valence-electron chi connectivity index (χ2n) is 3.14. The monoisotopic (exact) mass is 226 g/mol. The van der Waals surface area contributed by atoms with E-state index in [-0.39, 0.29) is 6.04 Å². The van der Waals surface area contributed by atoms with Gasteiger partial charge in [-0.25, -0.2) is 4.68 Å². The standard InChI is InChI=1S/C8H10N4S2/c1-6(4-7-2-3-14-5-7)12-8(13)9-10-11-12/h2-3,5-6H,4H2,1H3,(H,9,11,13). The summed E-state index contributed by atoms with van der Waals surface area (Å²) in [5.74, 6) is 0. The fraction of sp³-hybridized carbons (Fsp3) is 0.375. The lowest BCUT2D eigenvalue weighted by molar-refractivity contribution is 0.470. The molecule has 2 rings (SSSR count). The number of hydrogen-bond acceptors (Lipinski definition) is 4. The summed E-state index contributed by atoms with van der Waals surface area (Å²) in [7, 11) is 0. The Morgan fingerprint density at radius 1 is 1.71 bits per heavy atom. The number of aromatic amines is 1. The van der Waals surface area contributed by atoms with Crippen molar-refractivity contribution in [3.8, 4) is 0 Å². The van der Waals surface area contributed by atoms with Crippen LogP contribution in [0.4, 0.5) is 0 Å². The van der Waals surface area contributed by atoms with Crippen LogP contribution in [0.15, 0.2) is 16.8 Å². The molecule has 0 saturated carbocycles. The van der Waals surface area contributed by atoms with E-state index in [0.717, 1.165) is 6.42 Å². The molecule has 0 bridgehead atoms. The van der Waals surface area contributed by atoms with E-state index in [1.165, 1.54) is 5.56 Å². The molecule has 2 aromatic heterocycles. The minimum absolute atomic E-state index is 0.270. The third-order valence-electron chi connectivity index (χ3n) is 2.05. The molecule has 0 aliphatic rings. The van der Waals surface area contributed by atoms with Crippen LogP contribution < -0.4 is 0 Å². The highest BCUT2D eigenvalue weighted by Crippen LogP contribution is 2.14. The Labute approximate surface area is 90.6 Å². The Morgan fingerprint density at radius 2 is 2.57 bits per heavy atom. The number of H-pyrrole nitrogens is 1. The second kappa shape index (κ2) is 4.02. The highest BCUT2D eigenvalue weighted by Gasteiger charge is 2.07. The van der Waals surface area contributed by atoms with Gasteiger partial charge in [0.15, 0.2) is 0 Å². The maximum absolute atomic E-state index is 5.02. The summed E-state index contributed by atoms with van der Waals surface area (Å²) < 4.78 is 2.31. The fourth-order valence-electron chi connectivity index (χ4n) is 1.33. The van der Waals surface area contributed by atoms with Gasteiger partial charge in [0, 0.05) is 0 Å². The van der Waals surface area contributed by atoms with Gasteiger partial charge in [-0.3, -0.25) is 0 Å². The van der Waals surface area contributed by atoms with E-state index in [9.17, 15) is 0 Å². The van der Waals surface area contributed by atoms with Crippen molar-refractivity contribution in [3.63, 3.8) is 0 Å². The first-order valence-electron chi connectivity index (χ1n) is 4.28. The molecule has 0 aliphatic heterocycles. The quantitative estimate of drug-likeness (QED) is 0.816. The summed E-state index contributed by atoms with van der Waals surface area (Å²) in [6, 6.07) is 2.39. The lowest BCUT2D eigenvalue weighted by atomic mass is 10.1. The van der Waals surface area contributed by atoms with Crippen LogP contribution in [-0.2, 0) is 6.42 Å². The molecule has 1 atom stereocenters. The van der Waals surface area contributed by atoms with Crippen molar-refractivity contribution in [2.24, 2.45) is 0 Å². The Bertz CT molecular complexity index is 442. The van der Waals surface area contributed by atoms with Crippen molar-refractivity contribution in [3.05, 3.63) is 27.2 Å². The lowest BCUT2D eigenvalue weighted by Crippen LogP contribution is -2.09. The number of aromatic nitrogens is 4. The van der Waals surface area contributed by atoms with E-state index < -0.39 is 0 Å². The third-order valence-corrected chi connectivity index (χ3v) is 3.06. The summed E-state index contributed by atoms with van der Waals surface area (Å²) in [5.41, 5.74) is 1.32. The van der Waals surface area contributed by atoms with Gasteiger partial charge in [-0.1, -0.05) is 10.3 Å². The highest BCUT2D eigenvalue weighted by atomic mass is 32.1. The predicted molar refractivity (Wildman–Crippen MR) is 57.9 cm³/mol. The van der Waals surface area contributed by atoms with Gasteiger partial charge in [0.25, 0.3) is 0 Å². The van der Waals surface area contributed by atoms with Gasteiger partial charge in [-0.05, 0) is 48.0 Å². The SMILES string of the molecule is CC(Cc1ccsc1)n1[nH]nnc1=S. The molecule has 1 N–H and O–H groups in total. The first kappa shape index (κ1) is 9.54. The van der Waals surface area contributed by atoms with E-state index in [0.29, 0.717) is 4.77 Å². The summed E-state index contributed by atoms with van der Waals surface area (Å²) >= 11 is 6.72. The maximum atomic E-state index is 5.02. The minimum Gasteiger partial charge on any atom is -0.239 e. The van der Waals surface area contributed by atoms with Crippen molar-refractivity contribution in [1.82, 2.24) is 20.2 Å². The number of nitrogens with zero attached hydrogens (tertiary/aromatic N) is 3. The van der Waals surface area contributed by atoms with E-state index in [4.69, 9.17) is 12.2 Å². The zero-order chi connectivity index (χ0) is 9.97. The van der Waals surface area contributed by atoms with Crippen LogP contribution in [0.25, 0.3) is 0 Å². The van der Waals surface area contributed by atoms with E-state index in [2.05, 4.69) is 39.3 Å². The average Bonchev–Trinajstić information content (AvgIpc) is 2.75. The van der Waals surface area contributed by atoms with Crippen molar-refractivity contribution >= 4 is 23.6 Å². The zero-order valence-corrected chi connectivity index (χ0v) is 9.31. The van der Waals surface area contributed by atoms with Crippen LogP contribution in [-0.4, -0.2) is 20.2 Å². The van der Waals surface area contributed by atoms with Crippen LogP contribution in [0.3, 0.4) is 0 Å². The summed E-state index contributed by atoms with van der Waals surface area (Å²) in [6.45, 7) is 2.09. The van der Waals surface area contributed by atoms with Gasteiger partial charge >= 0.3 is 0 Å². The Hall–Kier alpha value is -1.01. The molecule has 74 valence electrons. The van der Waals surface area contributed by atoms with Gasteiger partial charge < -0.3 is 0 Å². The fourth-order valence-corrected chi connectivity index (χ4v) is 2.28. The third kappa shape index (κ3) is 1.91. The molecule has 6 heteroatoms. The van der Waals surface area contributed by atoms with Crippen molar-refractivity contribution in [2.75, 3.05) is 0 Å². The number of thiophene rings is 1. The molecule has 0 amide bonds. The first-order valence-corrected chi connectivity index (χ1v) is 5.63. The molecular formula is C8H10N4S2.